The number of anilines is 2. The van der Waals surface area contributed by atoms with Gasteiger partial charge in [-0.15, -0.1) is 5.53 Å². The summed E-state index contributed by atoms with van der Waals surface area (Å²) in [5, 5.41) is 12.2. The Morgan fingerprint density at radius 1 is 0.794 bits per heavy atom. The first kappa shape index (κ1) is 23.8. The summed E-state index contributed by atoms with van der Waals surface area (Å²) in [5.41, 5.74) is 6.41. The SMILES string of the molecule is CCCCCCCCCOc1ccc(-c2ccc(C(=O)N3NN(O)c4ccccc43)cc2)cc1. The number of fused-ring (bicyclic) bond motifs is 1. The predicted molar refractivity (Wildman–Crippen MR) is 136 cm³/mol. The molecule has 34 heavy (non-hydrogen) atoms. The predicted octanol–water partition coefficient (Wildman–Crippen LogP) is 6.76. The highest BCUT2D eigenvalue weighted by atomic mass is 16.6. The number of nitrogens with one attached hydrogen (secondary N) is 1. The maximum atomic E-state index is 13.0. The van der Waals surface area contributed by atoms with E-state index >= 15 is 0 Å². The highest BCUT2D eigenvalue weighted by Gasteiger charge is 2.29. The van der Waals surface area contributed by atoms with Gasteiger partial charge in [-0.25, -0.2) is 5.01 Å². The number of nitrogens with zero attached hydrogens (tertiary/aromatic N) is 2. The second-order valence-electron chi connectivity index (χ2n) is 8.61. The second kappa shape index (κ2) is 11.7. The normalized spacial score (nSPS) is 12.6. The van der Waals surface area contributed by atoms with E-state index in [-0.39, 0.29) is 5.91 Å². The van der Waals surface area contributed by atoms with Crippen LogP contribution in [0.25, 0.3) is 11.1 Å². The lowest BCUT2D eigenvalue weighted by Crippen LogP contribution is -2.46. The van der Waals surface area contributed by atoms with E-state index in [0.29, 0.717) is 16.9 Å². The number of rotatable bonds is 11. The van der Waals surface area contributed by atoms with Gasteiger partial charge in [0.15, 0.2) is 0 Å². The van der Waals surface area contributed by atoms with Crippen molar-refractivity contribution in [2.24, 2.45) is 0 Å². The highest BCUT2D eigenvalue weighted by Crippen LogP contribution is 2.33. The summed E-state index contributed by atoms with van der Waals surface area (Å²) in [6.07, 6.45) is 8.91. The molecule has 3 aromatic carbocycles. The molecule has 4 rings (SSSR count). The van der Waals surface area contributed by atoms with Gasteiger partial charge in [-0.3, -0.25) is 10.0 Å². The molecule has 1 aliphatic heterocycles. The summed E-state index contributed by atoms with van der Waals surface area (Å²) in [7, 11) is 0. The molecule has 6 nitrogen and oxygen atoms in total. The van der Waals surface area contributed by atoms with Crippen LogP contribution in [-0.4, -0.2) is 17.7 Å². The number of amides is 1. The largest absolute Gasteiger partial charge is 0.494 e. The monoisotopic (exact) mass is 459 g/mol. The number of carbonyl (C=O) groups excluding carboxylic acids is 1. The number of ether oxygens (including phenoxy) is 1. The molecule has 0 atom stereocenters. The van der Waals surface area contributed by atoms with Crippen LogP contribution in [0.2, 0.25) is 0 Å². The number of para-hydroxylation sites is 2. The van der Waals surface area contributed by atoms with Crippen molar-refractivity contribution >= 4 is 17.3 Å². The minimum absolute atomic E-state index is 0.246. The number of hydrogen-bond donors (Lipinski definition) is 2. The molecule has 178 valence electrons. The molecule has 0 aromatic heterocycles. The van der Waals surface area contributed by atoms with Crippen molar-refractivity contribution in [1.82, 2.24) is 5.53 Å². The summed E-state index contributed by atoms with van der Waals surface area (Å²) < 4.78 is 5.89. The Hall–Kier alpha value is -3.35. The maximum Gasteiger partial charge on any atom is 0.274 e. The van der Waals surface area contributed by atoms with Crippen molar-refractivity contribution in [1.29, 1.82) is 0 Å². The lowest BCUT2D eigenvalue weighted by molar-refractivity contribution is 0.0957. The molecule has 0 radical (unpaired) electrons. The molecule has 0 saturated carbocycles. The molecule has 0 fully saturated rings. The van der Waals surface area contributed by atoms with Crippen molar-refractivity contribution in [3.05, 3.63) is 78.4 Å². The maximum absolute atomic E-state index is 13.0. The van der Waals surface area contributed by atoms with Crippen LogP contribution >= 0.6 is 0 Å². The number of hydrazine groups is 2. The molecular formula is C28H33N3O3. The van der Waals surface area contributed by atoms with E-state index in [9.17, 15) is 10.0 Å². The second-order valence-corrected chi connectivity index (χ2v) is 8.61. The van der Waals surface area contributed by atoms with E-state index in [0.717, 1.165) is 35.1 Å². The Morgan fingerprint density at radius 3 is 2.06 bits per heavy atom. The quantitative estimate of drug-likeness (QED) is 0.310. The van der Waals surface area contributed by atoms with Gasteiger partial charge in [0.05, 0.1) is 12.3 Å². The van der Waals surface area contributed by atoms with Gasteiger partial charge in [0, 0.05) is 5.56 Å². The van der Waals surface area contributed by atoms with Crippen LogP contribution in [0.3, 0.4) is 0 Å². The smallest absolute Gasteiger partial charge is 0.274 e. The van der Waals surface area contributed by atoms with E-state index in [1.807, 2.05) is 42.5 Å². The van der Waals surface area contributed by atoms with Crippen molar-refractivity contribution in [2.75, 3.05) is 16.8 Å². The average Bonchev–Trinajstić information content (AvgIpc) is 3.22. The Bertz CT molecular complexity index is 1070. The number of benzene rings is 3. The molecule has 0 saturated heterocycles. The molecule has 6 heteroatoms. The molecule has 1 aliphatic rings. The lowest BCUT2D eigenvalue weighted by Gasteiger charge is -2.17. The molecule has 0 bridgehead atoms. The Morgan fingerprint density at radius 2 is 1.38 bits per heavy atom. The Kier molecular flexibility index (Phi) is 8.17. The number of hydrogen-bond acceptors (Lipinski definition) is 5. The minimum Gasteiger partial charge on any atom is -0.494 e. The number of unbranched alkanes of at least 4 members (excludes halogenated alkanes) is 6. The molecule has 0 aliphatic carbocycles. The molecule has 0 spiro atoms. The lowest BCUT2D eigenvalue weighted by atomic mass is 10.0. The zero-order chi connectivity index (χ0) is 23.8. The fourth-order valence-electron chi connectivity index (χ4n) is 4.12. The van der Waals surface area contributed by atoms with Gasteiger partial charge >= 0.3 is 0 Å². The zero-order valence-corrected chi connectivity index (χ0v) is 19.7. The van der Waals surface area contributed by atoms with Crippen molar-refractivity contribution in [3.63, 3.8) is 0 Å². The Labute approximate surface area is 201 Å². The van der Waals surface area contributed by atoms with Gasteiger partial charge in [0.2, 0.25) is 0 Å². The van der Waals surface area contributed by atoms with E-state index in [1.165, 1.54) is 43.5 Å². The summed E-state index contributed by atoms with van der Waals surface area (Å²) in [5.74, 6) is 0.638. The van der Waals surface area contributed by atoms with Crippen LogP contribution in [0, 0.1) is 0 Å². The van der Waals surface area contributed by atoms with Gasteiger partial charge in [-0.1, -0.05) is 81.8 Å². The molecule has 3 aromatic rings. The summed E-state index contributed by atoms with van der Waals surface area (Å²) in [4.78, 5) is 13.0. The van der Waals surface area contributed by atoms with Crippen molar-refractivity contribution in [3.8, 4) is 16.9 Å². The van der Waals surface area contributed by atoms with Gasteiger partial charge < -0.3 is 4.74 Å². The van der Waals surface area contributed by atoms with Crippen molar-refractivity contribution < 1.29 is 14.7 Å². The fraction of sp³-hybridized carbons (Fsp3) is 0.321. The van der Waals surface area contributed by atoms with Crippen molar-refractivity contribution in [2.45, 2.75) is 51.9 Å². The molecule has 0 unspecified atom stereocenters. The highest BCUT2D eigenvalue weighted by molar-refractivity contribution is 6.08. The van der Waals surface area contributed by atoms with Crippen LogP contribution < -0.4 is 20.5 Å². The summed E-state index contributed by atoms with van der Waals surface area (Å²) in [6.45, 7) is 3.00. The van der Waals surface area contributed by atoms with Crippen LogP contribution in [0.1, 0.15) is 62.2 Å². The van der Waals surface area contributed by atoms with Crippen LogP contribution in [0.15, 0.2) is 72.8 Å². The third kappa shape index (κ3) is 5.76. The number of carbonyl (C=O) groups is 1. The summed E-state index contributed by atoms with van der Waals surface area (Å²) >= 11 is 0. The molecule has 1 heterocycles. The Balaban J connectivity index is 1.29. The molecular weight excluding hydrogens is 426 g/mol. The first-order valence-electron chi connectivity index (χ1n) is 12.2. The average molecular weight is 460 g/mol. The van der Waals surface area contributed by atoms with Crippen LogP contribution in [0.5, 0.6) is 5.75 Å². The van der Waals surface area contributed by atoms with Gasteiger partial charge in [0.1, 0.15) is 11.4 Å². The zero-order valence-electron chi connectivity index (χ0n) is 19.7. The van der Waals surface area contributed by atoms with E-state index in [4.69, 9.17) is 4.74 Å². The molecule has 2 N–H and O–H groups in total. The third-order valence-corrected chi connectivity index (χ3v) is 6.08. The van der Waals surface area contributed by atoms with E-state index in [1.54, 1.807) is 30.3 Å². The van der Waals surface area contributed by atoms with Gasteiger partial charge in [0.25, 0.3) is 5.91 Å². The fourth-order valence-corrected chi connectivity index (χ4v) is 4.12. The first-order valence-corrected chi connectivity index (χ1v) is 12.2. The summed E-state index contributed by atoms with van der Waals surface area (Å²) in [6, 6.07) is 22.7. The molecule has 1 amide bonds. The van der Waals surface area contributed by atoms with Crippen LogP contribution in [0.4, 0.5) is 11.4 Å². The van der Waals surface area contributed by atoms with Crippen LogP contribution in [-0.2, 0) is 0 Å². The topological polar surface area (TPSA) is 65.0 Å². The first-order chi connectivity index (χ1) is 16.7. The van der Waals surface area contributed by atoms with E-state index < -0.39 is 0 Å². The van der Waals surface area contributed by atoms with Gasteiger partial charge in [-0.2, -0.15) is 5.17 Å². The third-order valence-electron chi connectivity index (χ3n) is 6.08. The van der Waals surface area contributed by atoms with Gasteiger partial charge in [-0.05, 0) is 53.9 Å². The standard InChI is InChI=1S/C28H33N3O3/c1-2-3-4-5-6-7-10-21-34-25-19-17-23(18-20-25)22-13-15-24(16-14-22)28(32)30-26-11-8-9-12-27(26)31(33)29-30/h8-9,11-20,29,33H,2-7,10,21H2,1H3. The minimum atomic E-state index is -0.246. The van der Waals surface area contributed by atoms with E-state index in [2.05, 4.69) is 12.5 Å².